The molecule has 1 aliphatic heterocycles. The van der Waals surface area contributed by atoms with Gasteiger partial charge < -0.3 is 14.2 Å². The average Bonchev–Trinajstić information content (AvgIpc) is 2.89. The van der Waals surface area contributed by atoms with Crippen LogP contribution in [-0.4, -0.2) is 12.8 Å². The van der Waals surface area contributed by atoms with Crippen molar-refractivity contribution >= 4 is 17.6 Å². The van der Waals surface area contributed by atoms with Crippen LogP contribution < -0.4 is 14.2 Å². The Kier molecular flexibility index (Phi) is 3.20. The second-order valence-electron chi connectivity index (χ2n) is 4.03. The molecule has 0 bridgehead atoms. The summed E-state index contributed by atoms with van der Waals surface area (Å²) in [7, 11) is 0. The maximum Gasteiger partial charge on any atom is 0.346 e. The molecule has 4 nitrogen and oxygen atoms in total. The molecule has 0 fully saturated rings. The fourth-order valence-corrected chi connectivity index (χ4v) is 1.93. The lowest BCUT2D eigenvalue weighted by atomic mass is 10.2. The first kappa shape index (κ1) is 12.7. The molecule has 0 radical (unpaired) electrons. The smallest absolute Gasteiger partial charge is 0.346 e. The van der Waals surface area contributed by atoms with E-state index in [9.17, 15) is 9.18 Å². The van der Waals surface area contributed by atoms with E-state index in [0.717, 1.165) is 6.07 Å². The van der Waals surface area contributed by atoms with Gasteiger partial charge in [-0.05, 0) is 30.3 Å². The van der Waals surface area contributed by atoms with E-state index in [1.807, 2.05) is 0 Å². The highest BCUT2D eigenvalue weighted by atomic mass is 35.5. The summed E-state index contributed by atoms with van der Waals surface area (Å²) in [4.78, 5) is 11.9. The molecule has 1 aliphatic rings. The second kappa shape index (κ2) is 5.02. The fraction of sp³-hybridized carbons (Fsp3) is 0.0714. The molecule has 0 aliphatic carbocycles. The van der Waals surface area contributed by atoms with Gasteiger partial charge in [0.2, 0.25) is 6.79 Å². The fourth-order valence-electron chi connectivity index (χ4n) is 1.76. The molecule has 3 rings (SSSR count). The van der Waals surface area contributed by atoms with Crippen LogP contribution in [-0.2, 0) is 0 Å². The molecule has 0 atom stereocenters. The Bertz CT molecular complexity index is 687. The molecule has 0 aromatic heterocycles. The lowest BCUT2D eigenvalue weighted by Crippen LogP contribution is -2.10. The van der Waals surface area contributed by atoms with E-state index < -0.39 is 11.8 Å². The van der Waals surface area contributed by atoms with E-state index in [2.05, 4.69) is 0 Å². The van der Waals surface area contributed by atoms with Crippen molar-refractivity contribution in [2.24, 2.45) is 0 Å². The summed E-state index contributed by atoms with van der Waals surface area (Å²) >= 11 is 5.73. The number of carbonyl (C=O) groups is 1. The SMILES string of the molecule is O=C(Oc1ccc2c(c1)OCO2)c1cc(Cl)ccc1F. The van der Waals surface area contributed by atoms with Crippen LogP contribution in [0.25, 0.3) is 0 Å². The third-order valence-electron chi connectivity index (χ3n) is 2.70. The summed E-state index contributed by atoms with van der Waals surface area (Å²) in [6, 6.07) is 8.33. The van der Waals surface area contributed by atoms with Gasteiger partial charge in [-0.1, -0.05) is 11.6 Å². The van der Waals surface area contributed by atoms with Gasteiger partial charge in [-0.25, -0.2) is 9.18 Å². The van der Waals surface area contributed by atoms with Crippen molar-refractivity contribution < 1.29 is 23.4 Å². The molecule has 6 heteroatoms. The average molecular weight is 295 g/mol. The van der Waals surface area contributed by atoms with Crippen LogP contribution in [0.5, 0.6) is 17.2 Å². The van der Waals surface area contributed by atoms with Crippen molar-refractivity contribution in [2.45, 2.75) is 0 Å². The van der Waals surface area contributed by atoms with E-state index in [4.69, 9.17) is 25.8 Å². The van der Waals surface area contributed by atoms with Crippen molar-refractivity contribution in [3.8, 4) is 17.2 Å². The molecule has 102 valence electrons. The largest absolute Gasteiger partial charge is 0.454 e. The summed E-state index contributed by atoms with van der Waals surface area (Å²) in [6.07, 6.45) is 0. The monoisotopic (exact) mass is 294 g/mol. The lowest BCUT2D eigenvalue weighted by Gasteiger charge is -2.06. The quantitative estimate of drug-likeness (QED) is 0.629. The number of esters is 1. The lowest BCUT2D eigenvalue weighted by molar-refractivity contribution is 0.0729. The topological polar surface area (TPSA) is 44.8 Å². The minimum absolute atomic E-state index is 0.121. The van der Waals surface area contributed by atoms with Gasteiger partial charge in [0.1, 0.15) is 11.6 Å². The molecule has 0 amide bonds. The van der Waals surface area contributed by atoms with Gasteiger partial charge in [0.25, 0.3) is 0 Å². The Morgan fingerprint density at radius 2 is 1.95 bits per heavy atom. The van der Waals surface area contributed by atoms with Crippen LogP contribution in [0.1, 0.15) is 10.4 Å². The van der Waals surface area contributed by atoms with Gasteiger partial charge in [0.15, 0.2) is 11.5 Å². The molecule has 2 aromatic carbocycles. The molecule has 0 unspecified atom stereocenters. The van der Waals surface area contributed by atoms with Crippen molar-refractivity contribution in [3.63, 3.8) is 0 Å². The summed E-state index contributed by atoms with van der Waals surface area (Å²) < 4.78 is 28.9. The third kappa shape index (κ3) is 2.40. The summed E-state index contributed by atoms with van der Waals surface area (Å²) in [5.74, 6) is -0.247. The Hall–Kier alpha value is -2.27. The number of benzene rings is 2. The first-order valence-corrected chi connectivity index (χ1v) is 6.08. The number of rotatable bonds is 2. The molecule has 2 aromatic rings. The Morgan fingerprint density at radius 1 is 1.15 bits per heavy atom. The molecular formula is C14H8ClFO4. The van der Waals surface area contributed by atoms with E-state index in [-0.39, 0.29) is 23.1 Å². The zero-order valence-electron chi connectivity index (χ0n) is 10.1. The zero-order valence-corrected chi connectivity index (χ0v) is 10.8. The minimum Gasteiger partial charge on any atom is -0.454 e. The van der Waals surface area contributed by atoms with Crippen molar-refractivity contribution in [3.05, 3.63) is 52.8 Å². The van der Waals surface area contributed by atoms with E-state index in [1.54, 1.807) is 6.07 Å². The van der Waals surface area contributed by atoms with E-state index in [1.165, 1.54) is 24.3 Å². The summed E-state index contributed by atoms with van der Waals surface area (Å²) in [5, 5.41) is 0.254. The number of ether oxygens (including phenoxy) is 3. The van der Waals surface area contributed by atoms with Crippen molar-refractivity contribution in [2.75, 3.05) is 6.79 Å². The van der Waals surface area contributed by atoms with Gasteiger partial charge in [0.05, 0.1) is 5.56 Å². The number of fused-ring (bicyclic) bond motifs is 1. The van der Waals surface area contributed by atoms with Gasteiger partial charge in [-0.15, -0.1) is 0 Å². The standard InChI is InChI=1S/C14H8ClFO4/c15-8-1-3-11(16)10(5-8)14(17)20-9-2-4-12-13(6-9)19-7-18-12/h1-6H,7H2. The van der Waals surface area contributed by atoms with Crippen LogP contribution in [0.3, 0.4) is 0 Å². The number of hydrogen-bond acceptors (Lipinski definition) is 4. The molecule has 0 saturated carbocycles. The van der Waals surface area contributed by atoms with Crippen LogP contribution in [0, 0.1) is 5.82 Å². The number of halogens is 2. The van der Waals surface area contributed by atoms with Gasteiger partial charge in [-0.2, -0.15) is 0 Å². The first-order valence-electron chi connectivity index (χ1n) is 5.70. The predicted molar refractivity (Wildman–Crippen MR) is 68.9 cm³/mol. The second-order valence-corrected chi connectivity index (χ2v) is 4.47. The van der Waals surface area contributed by atoms with Gasteiger partial charge >= 0.3 is 5.97 Å². The van der Waals surface area contributed by atoms with E-state index >= 15 is 0 Å². The number of hydrogen-bond donors (Lipinski definition) is 0. The van der Waals surface area contributed by atoms with Gasteiger partial charge in [0, 0.05) is 11.1 Å². The third-order valence-corrected chi connectivity index (χ3v) is 2.94. The first-order chi connectivity index (χ1) is 9.63. The molecule has 0 N–H and O–H groups in total. The normalized spacial score (nSPS) is 12.3. The molecule has 1 heterocycles. The molecule has 20 heavy (non-hydrogen) atoms. The van der Waals surface area contributed by atoms with Crippen LogP contribution in [0.4, 0.5) is 4.39 Å². The maximum atomic E-state index is 13.5. The highest BCUT2D eigenvalue weighted by Crippen LogP contribution is 2.35. The van der Waals surface area contributed by atoms with Crippen LogP contribution in [0.2, 0.25) is 5.02 Å². The molecular weight excluding hydrogens is 287 g/mol. The van der Waals surface area contributed by atoms with Crippen molar-refractivity contribution in [1.29, 1.82) is 0 Å². The van der Waals surface area contributed by atoms with Crippen LogP contribution >= 0.6 is 11.6 Å². The Labute approximate surface area is 118 Å². The highest BCUT2D eigenvalue weighted by molar-refractivity contribution is 6.30. The predicted octanol–water partition coefficient (Wildman–Crippen LogP) is 3.43. The number of carbonyl (C=O) groups excluding carboxylic acids is 1. The molecule has 0 spiro atoms. The Morgan fingerprint density at radius 3 is 2.80 bits per heavy atom. The van der Waals surface area contributed by atoms with Gasteiger partial charge in [-0.3, -0.25) is 0 Å². The maximum absolute atomic E-state index is 13.5. The Balaban J connectivity index is 1.84. The summed E-state index contributed by atoms with van der Waals surface area (Å²) in [6.45, 7) is 0.121. The molecule has 0 saturated heterocycles. The zero-order chi connectivity index (χ0) is 14.1. The summed E-state index contributed by atoms with van der Waals surface area (Å²) in [5.41, 5.74) is -0.227. The van der Waals surface area contributed by atoms with Crippen LogP contribution in [0.15, 0.2) is 36.4 Å². The van der Waals surface area contributed by atoms with Crippen molar-refractivity contribution in [1.82, 2.24) is 0 Å². The van der Waals surface area contributed by atoms with E-state index in [0.29, 0.717) is 11.5 Å². The highest BCUT2D eigenvalue weighted by Gasteiger charge is 2.18. The minimum atomic E-state index is -0.830.